The monoisotopic (exact) mass is 491 g/mol. The summed E-state index contributed by atoms with van der Waals surface area (Å²) >= 11 is 0. The topological polar surface area (TPSA) is 139 Å². The van der Waals surface area contributed by atoms with Gasteiger partial charge in [-0.05, 0) is 31.5 Å². The van der Waals surface area contributed by atoms with Gasteiger partial charge in [0.25, 0.3) is 0 Å². The molecule has 1 aromatic carbocycles. The van der Waals surface area contributed by atoms with E-state index in [1.807, 2.05) is 0 Å². The summed E-state index contributed by atoms with van der Waals surface area (Å²) in [5.41, 5.74) is 2.33. The van der Waals surface area contributed by atoms with Gasteiger partial charge in [-0.3, -0.25) is 9.19 Å². The number of imidazole rings is 1. The SMILES string of the molecule is COC(=O)c1cc2nc(S(=O)Cc3nccc(OC)c3OC)n(CC(C)OC(=O)O)c2cc1C. The van der Waals surface area contributed by atoms with Gasteiger partial charge in [0.15, 0.2) is 11.5 Å². The number of hydrogen-bond acceptors (Lipinski definition) is 9. The molecule has 0 bridgehead atoms. The second kappa shape index (κ2) is 10.5. The molecule has 0 radical (unpaired) electrons. The Labute approximate surface area is 198 Å². The summed E-state index contributed by atoms with van der Waals surface area (Å²) < 4.78 is 35.5. The van der Waals surface area contributed by atoms with Crippen molar-refractivity contribution in [1.82, 2.24) is 14.5 Å². The normalized spacial score (nSPS) is 12.7. The molecule has 2 unspecified atom stereocenters. The highest BCUT2D eigenvalue weighted by Crippen LogP contribution is 2.31. The van der Waals surface area contributed by atoms with Crippen molar-refractivity contribution in [2.24, 2.45) is 0 Å². The summed E-state index contributed by atoms with van der Waals surface area (Å²) in [6.07, 6.45) is -0.657. The van der Waals surface area contributed by atoms with Crippen molar-refractivity contribution >= 4 is 34.0 Å². The van der Waals surface area contributed by atoms with Crippen molar-refractivity contribution in [1.29, 1.82) is 0 Å². The van der Waals surface area contributed by atoms with E-state index >= 15 is 0 Å². The predicted molar refractivity (Wildman–Crippen MR) is 122 cm³/mol. The molecule has 0 aliphatic carbocycles. The summed E-state index contributed by atoms with van der Waals surface area (Å²) in [5.74, 6) is 0.234. The van der Waals surface area contributed by atoms with Gasteiger partial charge in [0.1, 0.15) is 6.10 Å². The molecule has 182 valence electrons. The number of ether oxygens (including phenoxy) is 4. The van der Waals surface area contributed by atoms with E-state index < -0.39 is 29.0 Å². The minimum absolute atomic E-state index is 0.0410. The Morgan fingerprint density at radius 2 is 1.94 bits per heavy atom. The van der Waals surface area contributed by atoms with Crippen LogP contribution in [-0.2, 0) is 32.6 Å². The maximum Gasteiger partial charge on any atom is 0.506 e. The van der Waals surface area contributed by atoms with E-state index in [4.69, 9.17) is 24.1 Å². The van der Waals surface area contributed by atoms with Crippen LogP contribution in [0.3, 0.4) is 0 Å². The van der Waals surface area contributed by atoms with Crippen molar-refractivity contribution < 1.29 is 37.9 Å². The van der Waals surface area contributed by atoms with Gasteiger partial charge in [-0.1, -0.05) is 0 Å². The fourth-order valence-electron chi connectivity index (χ4n) is 3.54. The summed E-state index contributed by atoms with van der Waals surface area (Å²) in [7, 11) is 2.51. The third kappa shape index (κ3) is 5.11. The molecule has 0 amide bonds. The number of rotatable bonds is 9. The van der Waals surface area contributed by atoms with E-state index in [9.17, 15) is 13.8 Å². The van der Waals surface area contributed by atoms with E-state index in [1.165, 1.54) is 27.5 Å². The van der Waals surface area contributed by atoms with E-state index in [2.05, 4.69) is 9.97 Å². The zero-order valence-electron chi connectivity index (χ0n) is 19.4. The van der Waals surface area contributed by atoms with Crippen LogP contribution in [0.4, 0.5) is 4.79 Å². The van der Waals surface area contributed by atoms with E-state index in [-0.39, 0.29) is 17.5 Å². The van der Waals surface area contributed by atoms with Crippen LogP contribution < -0.4 is 9.47 Å². The predicted octanol–water partition coefficient (Wildman–Crippen LogP) is 2.93. The number of nitrogens with zero attached hydrogens (tertiary/aromatic N) is 3. The first-order valence-corrected chi connectivity index (χ1v) is 11.4. The number of methoxy groups -OCH3 is 3. The van der Waals surface area contributed by atoms with E-state index in [0.29, 0.717) is 39.4 Å². The highest BCUT2D eigenvalue weighted by atomic mass is 32.2. The van der Waals surface area contributed by atoms with E-state index in [1.54, 1.807) is 36.6 Å². The highest BCUT2D eigenvalue weighted by molar-refractivity contribution is 7.84. The molecule has 1 N–H and O–H groups in total. The molecular weight excluding hydrogens is 466 g/mol. The Morgan fingerprint density at radius 3 is 2.56 bits per heavy atom. The van der Waals surface area contributed by atoms with Gasteiger partial charge in [0.05, 0.1) is 66.7 Å². The smallest absolute Gasteiger partial charge is 0.493 e. The molecule has 0 fully saturated rings. The van der Waals surface area contributed by atoms with Crippen LogP contribution in [0.15, 0.2) is 29.6 Å². The maximum absolute atomic E-state index is 13.5. The van der Waals surface area contributed by atoms with Crippen molar-refractivity contribution in [2.75, 3.05) is 21.3 Å². The summed E-state index contributed by atoms with van der Waals surface area (Å²) in [6, 6.07) is 4.90. The lowest BCUT2D eigenvalue weighted by Gasteiger charge is -2.15. The lowest BCUT2D eigenvalue weighted by atomic mass is 10.1. The average Bonchev–Trinajstić information content (AvgIpc) is 3.14. The summed E-state index contributed by atoms with van der Waals surface area (Å²) in [6.45, 7) is 3.38. The van der Waals surface area contributed by atoms with Crippen molar-refractivity contribution in [3.05, 3.63) is 41.2 Å². The van der Waals surface area contributed by atoms with Crippen LogP contribution in [0.25, 0.3) is 11.0 Å². The van der Waals surface area contributed by atoms with Gasteiger partial charge >= 0.3 is 12.1 Å². The average molecular weight is 492 g/mol. The zero-order valence-corrected chi connectivity index (χ0v) is 20.2. The first-order chi connectivity index (χ1) is 16.2. The van der Waals surface area contributed by atoms with Crippen LogP contribution in [0, 0.1) is 6.92 Å². The third-order valence-corrected chi connectivity index (χ3v) is 6.30. The molecule has 2 heterocycles. The van der Waals surface area contributed by atoms with Crippen molar-refractivity contribution in [2.45, 2.75) is 37.4 Å². The number of carboxylic acid groups (broad SMARTS) is 1. The van der Waals surface area contributed by atoms with Crippen LogP contribution in [0.1, 0.15) is 28.5 Å². The van der Waals surface area contributed by atoms with E-state index in [0.717, 1.165) is 0 Å². The molecule has 0 aliphatic heterocycles. The Morgan fingerprint density at radius 1 is 1.21 bits per heavy atom. The van der Waals surface area contributed by atoms with Gasteiger partial charge in [-0.25, -0.2) is 14.6 Å². The summed E-state index contributed by atoms with van der Waals surface area (Å²) in [5, 5.41) is 9.15. The number of aromatic nitrogens is 3. The van der Waals surface area contributed by atoms with Gasteiger partial charge in [0, 0.05) is 12.3 Å². The number of pyridine rings is 1. The zero-order chi connectivity index (χ0) is 25.0. The number of carbonyl (C=O) groups is 2. The van der Waals surface area contributed by atoms with Crippen LogP contribution >= 0.6 is 0 Å². The molecule has 3 rings (SSSR count). The standard InChI is InChI=1S/C22H25N3O8S/c1-12-8-17-15(9-14(12)20(26)32-5)24-21(25(17)10-13(2)33-22(27)28)34(29)11-16-19(31-4)18(30-3)6-7-23-16/h6-9,13H,10-11H2,1-5H3,(H,27,28). The molecule has 0 aliphatic rings. The summed E-state index contributed by atoms with van der Waals surface area (Å²) in [4.78, 5) is 31.9. The lowest BCUT2D eigenvalue weighted by molar-refractivity contribution is 0.0517. The minimum Gasteiger partial charge on any atom is -0.493 e. The van der Waals surface area contributed by atoms with Crippen LogP contribution in [0.2, 0.25) is 0 Å². The number of hydrogen-bond donors (Lipinski definition) is 1. The molecule has 3 aromatic rings. The Kier molecular flexibility index (Phi) is 7.72. The number of fused-ring (bicyclic) bond motifs is 1. The molecule has 12 heteroatoms. The molecule has 11 nitrogen and oxygen atoms in total. The molecular formula is C22H25N3O8S. The Balaban J connectivity index is 2.10. The number of benzene rings is 1. The first-order valence-electron chi connectivity index (χ1n) is 10.1. The third-order valence-electron chi connectivity index (χ3n) is 5.04. The number of aryl methyl sites for hydroxylation is 1. The van der Waals surface area contributed by atoms with Crippen LogP contribution in [-0.4, -0.2) is 63.4 Å². The number of esters is 1. The second-order valence-corrected chi connectivity index (χ2v) is 8.67. The molecule has 34 heavy (non-hydrogen) atoms. The second-order valence-electron chi connectivity index (χ2n) is 7.33. The molecule has 2 aromatic heterocycles. The highest BCUT2D eigenvalue weighted by Gasteiger charge is 2.24. The Bertz CT molecular complexity index is 1260. The van der Waals surface area contributed by atoms with Crippen LogP contribution in [0.5, 0.6) is 11.5 Å². The first kappa shape index (κ1) is 25.0. The fraction of sp³-hybridized carbons (Fsp3) is 0.364. The Hall–Kier alpha value is -3.67. The molecule has 0 spiro atoms. The molecule has 0 saturated carbocycles. The quantitative estimate of drug-likeness (QED) is 0.444. The van der Waals surface area contributed by atoms with Gasteiger partial charge < -0.3 is 28.6 Å². The van der Waals surface area contributed by atoms with Gasteiger partial charge in [-0.15, -0.1) is 0 Å². The largest absolute Gasteiger partial charge is 0.506 e. The minimum atomic E-state index is -1.72. The van der Waals surface area contributed by atoms with Gasteiger partial charge in [0.2, 0.25) is 5.16 Å². The molecule has 2 atom stereocenters. The van der Waals surface area contributed by atoms with Crippen molar-refractivity contribution in [3.8, 4) is 11.5 Å². The van der Waals surface area contributed by atoms with Crippen molar-refractivity contribution in [3.63, 3.8) is 0 Å². The molecule has 0 saturated heterocycles. The fourth-order valence-corrected chi connectivity index (χ4v) is 4.74. The van der Waals surface area contributed by atoms with Gasteiger partial charge in [-0.2, -0.15) is 0 Å². The number of carbonyl (C=O) groups excluding carboxylic acids is 1. The lowest BCUT2D eigenvalue weighted by Crippen LogP contribution is -2.21. The maximum atomic E-state index is 13.5.